The first kappa shape index (κ1) is 10.5. The summed E-state index contributed by atoms with van der Waals surface area (Å²) in [6.45, 7) is 1.82. The molecule has 0 aliphatic carbocycles. The molecule has 0 saturated carbocycles. The predicted octanol–water partition coefficient (Wildman–Crippen LogP) is 1.93. The summed E-state index contributed by atoms with van der Waals surface area (Å²) in [5.41, 5.74) is 0.730. The second-order valence-electron chi connectivity index (χ2n) is 3.42. The van der Waals surface area contributed by atoms with Crippen molar-refractivity contribution in [3.63, 3.8) is 0 Å². The molecule has 0 spiro atoms. The van der Waals surface area contributed by atoms with Gasteiger partial charge in [0, 0.05) is 6.07 Å². The SMILES string of the molecule is Cc1nn(-c2cc(Cl)nc3ncnn23)cc1Cl. The van der Waals surface area contributed by atoms with Crippen LogP contribution in [0.3, 0.4) is 0 Å². The molecule has 3 heterocycles. The van der Waals surface area contributed by atoms with Crippen LogP contribution in [0.15, 0.2) is 18.6 Å². The molecule has 0 fully saturated rings. The second kappa shape index (κ2) is 3.68. The van der Waals surface area contributed by atoms with Crippen molar-refractivity contribution in [1.29, 1.82) is 0 Å². The van der Waals surface area contributed by atoms with Crippen LogP contribution in [0.5, 0.6) is 0 Å². The van der Waals surface area contributed by atoms with Gasteiger partial charge in [0.1, 0.15) is 11.5 Å². The molecule has 6 nitrogen and oxygen atoms in total. The van der Waals surface area contributed by atoms with Crippen LogP contribution in [0.2, 0.25) is 10.2 Å². The van der Waals surface area contributed by atoms with Crippen molar-refractivity contribution in [1.82, 2.24) is 29.4 Å². The fraction of sp³-hybridized carbons (Fsp3) is 0.111. The Bertz CT molecular complexity index is 681. The van der Waals surface area contributed by atoms with E-state index in [9.17, 15) is 0 Å². The fourth-order valence-electron chi connectivity index (χ4n) is 1.49. The number of aromatic nitrogens is 6. The quantitative estimate of drug-likeness (QED) is 0.633. The summed E-state index contributed by atoms with van der Waals surface area (Å²) in [4.78, 5) is 8.01. The first-order chi connectivity index (χ1) is 8.15. The highest BCUT2D eigenvalue weighted by molar-refractivity contribution is 6.31. The van der Waals surface area contributed by atoms with Crippen LogP contribution in [0.25, 0.3) is 11.6 Å². The molecule has 0 aliphatic heterocycles. The minimum atomic E-state index is 0.324. The third-order valence-electron chi connectivity index (χ3n) is 2.28. The molecule has 8 heteroatoms. The highest BCUT2D eigenvalue weighted by Gasteiger charge is 2.11. The molecule has 3 aromatic rings. The molecule has 86 valence electrons. The molecule has 0 aliphatic rings. The lowest BCUT2D eigenvalue weighted by Crippen LogP contribution is -2.05. The Morgan fingerprint density at radius 3 is 2.82 bits per heavy atom. The number of nitrogens with zero attached hydrogens (tertiary/aromatic N) is 6. The van der Waals surface area contributed by atoms with Crippen LogP contribution >= 0.6 is 23.2 Å². The van der Waals surface area contributed by atoms with Gasteiger partial charge in [0.05, 0.1) is 16.9 Å². The van der Waals surface area contributed by atoms with Crippen molar-refractivity contribution >= 4 is 29.0 Å². The summed E-state index contributed by atoms with van der Waals surface area (Å²) in [5.74, 6) is 1.05. The van der Waals surface area contributed by atoms with Gasteiger partial charge in [-0.25, -0.2) is 4.68 Å². The average Bonchev–Trinajstić information content (AvgIpc) is 2.85. The number of hydrogen-bond acceptors (Lipinski definition) is 4. The predicted molar refractivity (Wildman–Crippen MR) is 62.7 cm³/mol. The average molecular weight is 269 g/mol. The van der Waals surface area contributed by atoms with E-state index in [1.165, 1.54) is 10.8 Å². The fourth-order valence-corrected chi connectivity index (χ4v) is 1.79. The molecule has 0 aromatic carbocycles. The number of rotatable bonds is 1. The summed E-state index contributed by atoms with van der Waals surface area (Å²) < 4.78 is 3.13. The van der Waals surface area contributed by atoms with Gasteiger partial charge in [-0.15, -0.1) is 0 Å². The van der Waals surface area contributed by atoms with Gasteiger partial charge in [0.2, 0.25) is 0 Å². The van der Waals surface area contributed by atoms with E-state index in [4.69, 9.17) is 23.2 Å². The smallest absolute Gasteiger partial charge is 0.221 e. The van der Waals surface area contributed by atoms with Gasteiger partial charge in [-0.2, -0.15) is 24.7 Å². The molecule has 17 heavy (non-hydrogen) atoms. The highest BCUT2D eigenvalue weighted by atomic mass is 35.5. The van der Waals surface area contributed by atoms with Crippen LogP contribution in [-0.2, 0) is 0 Å². The van der Waals surface area contributed by atoms with Crippen molar-refractivity contribution in [2.75, 3.05) is 0 Å². The van der Waals surface area contributed by atoms with Gasteiger partial charge < -0.3 is 0 Å². The molecule has 0 unspecified atom stereocenters. The Hall–Kier alpha value is -1.66. The number of fused-ring (bicyclic) bond motifs is 1. The van der Waals surface area contributed by atoms with Crippen LogP contribution < -0.4 is 0 Å². The summed E-state index contributed by atoms with van der Waals surface area (Å²) >= 11 is 11.9. The zero-order valence-corrected chi connectivity index (χ0v) is 10.2. The Kier molecular flexibility index (Phi) is 2.27. The van der Waals surface area contributed by atoms with Gasteiger partial charge in [0.15, 0.2) is 5.82 Å². The lowest BCUT2D eigenvalue weighted by molar-refractivity contribution is 0.773. The van der Waals surface area contributed by atoms with Gasteiger partial charge >= 0.3 is 0 Å². The maximum atomic E-state index is 5.97. The van der Waals surface area contributed by atoms with E-state index in [0.29, 0.717) is 21.8 Å². The molecule has 3 rings (SSSR count). The molecule has 0 saturated heterocycles. The third kappa shape index (κ3) is 1.65. The van der Waals surface area contributed by atoms with Gasteiger partial charge in [-0.05, 0) is 6.92 Å². The van der Waals surface area contributed by atoms with E-state index in [0.717, 1.165) is 5.69 Å². The first-order valence-electron chi connectivity index (χ1n) is 4.73. The Morgan fingerprint density at radius 1 is 1.29 bits per heavy atom. The van der Waals surface area contributed by atoms with E-state index in [1.807, 2.05) is 6.92 Å². The van der Waals surface area contributed by atoms with E-state index >= 15 is 0 Å². The molecule has 3 aromatic heterocycles. The maximum Gasteiger partial charge on any atom is 0.255 e. The maximum absolute atomic E-state index is 5.97. The first-order valence-corrected chi connectivity index (χ1v) is 5.49. The second-order valence-corrected chi connectivity index (χ2v) is 4.21. The van der Waals surface area contributed by atoms with Gasteiger partial charge in [-0.1, -0.05) is 23.2 Å². The van der Waals surface area contributed by atoms with Crippen molar-refractivity contribution in [2.24, 2.45) is 0 Å². The standard InChI is InChI=1S/C9H6Cl2N6/c1-5-6(10)3-16(15-5)8-2-7(11)14-9-12-4-13-17(8)9/h2-4H,1H3. The third-order valence-corrected chi connectivity index (χ3v) is 2.84. The van der Waals surface area contributed by atoms with Crippen molar-refractivity contribution < 1.29 is 0 Å². The monoisotopic (exact) mass is 268 g/mol. The number of halogens is 2. The molecule has 0 radical (unpaired) electrons. The molecular formula is C9H6Cl2N6. The van der Waals surface area contributed by atoms with Crippen LogP contribution in [0.1, 0.15) is 5.69 Å². The Labute approximate surface area is 106 Å². The van der Waals surface area contributed by atoms with Crippen LogP contribution in [0.4, 0.5) is 0 Å². The Morgan fingerprint density at radius 2 is 2.12 bits per heavy atom. The topological polar surface area (TPSA) is 60.9 Å². The normalized spacial score (nSPS) is 11.2. The summed E-state index contributed by atoms with van der Waals surface area (Å²) in [6, 6.07) is 1.64. The highest BCUT2D eigenvalue weighted by Crippen LogP contribution is 2.18. The lowest BCUT2D eigenvalue weighted by atomic mass is 10.5. The minimum Gasteiger partial charge on any atom is -0.221 e. The molecular weight excluding hydrogens is 263 g/mol. The zero-order valence-electron chi connectivity index (χ0n) is 8.67. The van der Waals surface area contributed by atoms with E-state index in [1.54, 1.807) is 16.9 Å². The summed E-state index contributed by atoms with van der Waals surface area (Å²) in [7, 11) is 0. The largest absolute Gasteiger partial charge is 0.255 e. The summed E-state index contributed by atoms with van der Waals surface area (Å²) in [5, 5.41) is 9.22. The molecule has 0 N–H and O–H groups in total. The van der Waals surface area contributed by atoms with Crippen LogP contribution in [0, 0.1) is 6.92 Å². The molecule has 0 bridgehead atoms. The van der Waals surface area contributed by atoms with Crippen molar-refractivity contribution in [3.05, 3.63) is 34.5 Å². The van der Waals surface area contributed by atoms with E-state index in [2.05, 4.69) is 20.2 Å². The summed E-state index contributed by atoms with van der Waals surface area (Å²) in [6.07, 6.45) is 3.09. The molecule has 0 atom stereocenters. The zero-order chi connectivity index (χ0) is 12.0. The van der Waals surface area contributed by atoms with Crippen molar-refractivity contribution in [3.8, 4) is 5.82 Å². The van der Waals surface area contributed by atoms with Crippen molar-refractivity contribution in [2.45, 2.75) is 6.92 Å². The lowest BCUT2D eigenvalue weighted by Gasteiger charge is -2.03. The van der Waals surface area contributed by atoms with Gasteiger partial charge in [0.25, 0.3) is 5.78 Å². The number of aryl methyl sites for hydroxylation is 1. The van der Waals surface area contributed by atoms with E-state index in [-0.39, 0.29) is 0 Å². The van der Waals surface area contributed by atoms with Crippen LogP contribution in [-0.4, -0.2) is 29.4 Å². The minimum absolute atomic E-state index is 0.324. The number of hydrogen-bond donors (Lipinski definition) is 0. The van der Waals surface area contributed by atoms with Gasteiger partial charge in [-0.3, -0.25) is 0 Å². The molecule has 0 amide bonds. The van der Waals surface area contributed by atoms with E-state index < -0.39 is 0 Å². The Balaban J connectivity index is 2.32.